The molecule has 3 rings (SSSR count). The van der Waals surface area contributed by atoms with Crippen LogP contribution in [-0.4, -0.2) is 19.6 Å². The predicted octanol–water partition coefficient (Wildman–Crippen LogP) is 4.65. The monoisotopic (exact) mass is 341 g/mol. The number of amides is 1. The summed E-state index contributed by atoms with van der Waals surface area (Å²) in [5, 5.41) is 2.18. The van der Waals surface area contributed by atoms with E-state index in [9.17, 15) is 13.6 Å². The third kappa shape index (κ3) is 4.12. The van der Waals surface area contributed by atoms with Crippen LogP contribution < -0.4 is 9.64 Å². The summed E-state index contributed by atoms with van der Waals surface area (Å²) in [5.41, 5.74) is 1.54. The first-order valence-corrected chi connectivity index (χ1v) is 7.82. The topological polar surface area (TPSA) is 29.5 Å². The number of alkyl halides is 2. The zero-order valence-corrected chi connectivity index (χ0v) is 13.7. The van der Waals surface area contributed by atoms with Crippen LogP contribution in [0.25, 0.3) is 10.8 Å². The van der Waals surface area contributed by atoms with Gasteiger partial charge < -0.3 is 9.64 Å². The second kappa shape index (κ2) is 7.30. The average Bonchev–Trinajstić information content (AvgIpc) is 2.62. The van der Waals surface area contributed by atoms with Crippen LogP contribution in [0.2, 0.25) is 0 Å². The van der Waals surface area contributed by atoms with Gasteiger partial charge in [0.15, 0.2) is 0 Å². The number of rotatable bonds is 5. The van der Waals surface area contributed by atoms with Crippen molar-refractivity contribution in [3.8, 4) is 5.75 Å². The van der Waals surface area contributed by atoms with Gasteiger partial charge >= 0.3 is 6.61 Å². The van der Waals surface area contributed by atoms with Crippen molar-refractivity contribution in [2.45, 2.75) is 13.0 Å². The summed E-state index contributed by atoms with van der Waals surface area (Å²) in [4.78, 5) is 14.1. The Balaban J connectivity index is 1.71. The summed E-state index contributed by atoms with van der Waals surface area (Å²) >= 11 is 0. The van der Waals surface area contributed by atoms with Crippen LogP contribution in [0.4, 0.5) is 14.5 Å². The van der Waals surface area contributed by atoms with Crippen molar-refractivity contribution in [3.63, 3.8) is 0 Å². The molecule has 128 valence electrons. The van der Waals surface area contributed by atoms with Crippen LogP contribution >= 0.6 is 0 Å². The molecular weight excluding hydrogens is 324 g/mol. The van der Waals surface area contributed by atoms with Crippen LogP contribution in [-0.2, 0) is 11.2 Å². The van der Waals surface area contributed by atoms with E-state index >= 15 is 0 Å². The Hall–Kier alpha value is -2.95. The third-order valence-corrected chi connectivity index (χ3v) is 4.00. The van der Waals surface area contributed by atoms with Gasteiger partial charge in [0.05, 0.1) is 6.42 Å². The lowest BCUT2D eigenvalue weighted by Gasteiger charge is -2.18. The Bertz CT molecular complexity index is 878. The van der Waals surface area contributed by atoms with Crippen LogP contribution in [0.15, 0.2) is 66.7 Å². The number of fused-ring (bicyclic) bond motifs is 1. The Morgan fingerprint density at radius 1 is 1.00 bits per heavy atom. The second-order valence-electron chi connectivity index (χ2n) is 5.68. The van der Waals surface area contributed by atoms with Crippen molar-refractivity contribution in [3.05, 3.63) is 72.3 Å². The molecule has 0 spiro atoms. The van der Waals surface area contributed by atoms with Gasteiger partial charge in [-0.1, -0.05) is 42.5 Å². The molecule has 0 bridgehead atoms. The van der Waals surface area contributed by atoms with Gasteiger partial charge in [-0.2, -0.15) is 8.78 Å². The minimum absolute atomic E-state index is 0.0779. The number of halogens is 2. The minimum atomic E-state index is -2.86. The zero-order chi connectivity index (χ0) is 17.8. The SMILES string of the molecule is CN(C(=O)Cc1ccc(OC(F)F)cc1)c1ccc2ccccc2c1. The van der Waals surface area contributed by atoms with Gasteiger partial charge in [0, 0.05) is 12.7 Å². The molecule has 0 N–H and O–H groups in total. The zero-order valence-electron chi connectivity index (χ0n) is 13.7. The molecular formula is C20H17F2NO2. The molecule has 3 aromatic carbocycles. The van der Waals surface area contributed by atoms with Crippen molar-refractivity contribution in [1.82, 2.24) is 0 Å². The highest BCUT2D eigenvalue weighted by Crippen LogP contribution is 2.22. The molecule has 0 aromatic heterocycles. The minimum Gasteiger partial charge on any atom is -0.435 e. The van der Waals surface area contributed by atoms with Crippen molar-refractivity contribution in [1.29, 1.82) is 0 Å². The predicted molar refractivity (Wildman–Crippen MR) is 94.1 cm³/mol. The molecule has 0 unspecified atom stereocenters. The fraction of sp³-hybridized carbons (Fsp3) is 0.150. The molecule has 0 fully saturated rings. The molecule has 1 amide bonds. The molecule has 0 aliphatic carbocycles. The summed E-state index contributed by atoms with van der Waals surface area (Å²) in [6.07, 6.45) is 0.179. The molecule has 3 aromatic rings. The highest BCUT2D eigenvalue weighted by molar-refractivity contribution is 5.97. The van der Waals surface area contributed by atoms with E-state index < -0.39 is 6.61 Å². The molecule has 0 atom stereocenters. The van der Waals surface area contributed by atoms with E-state index in [1.165, 1.54) is 12.1 Å². The number of hydrogen-bond donors (Lipinski definition) is 0. The molecule has 0 saturated carbocycles. The maximum atomic E-state index is 12.5. The first-order valence-electron chi connectivity index (χ1n) is 7.82. The van der Waals surface area contributed by atoms with Crippen LogP contribution in [0, 0.1) is 0 Å². The van der Waals surface area contributed by atoms with Gasteiger partial charge in [-0.25, -0.2) is 0 Å². The van der Waals surface area contributed by atoms with Gasteiger partial charge in [0.25, 0.3) is 0 Å². The quantitative estimate of drug-likeness (QED) is 0.676. The van der Waals surface area contributed by atoms with Gasteiger partial charge in [0.2, 0.25) is 5.91 Å². The molecule has 3 nitrogen and oxygen atoms in total. The Morgan fingerprint density at radius 3 is 2.36 bits per heavy atom. The van der Waals surface area contributed by atoms with Crippen LogP contribution in [0.5, 0.6) is 5.75 Å². The van der Waals surface area contributed by atoms with E-state index in [0.29, 0.717) is 0 Å². The van der Waals surface area contributed by atoms with E-state index in [4.69, 9.17) is 0 Å². The summed E-state index contributed by atoms with van der Waals surface area (Å²) in [7, 11) is 1.72. The molecule has 0 aliphatic rings. The fourth-order valence-electron chi connectivity index (χ4n) is 2.61. The lowest BCUT2D eigenvalue weighted by atomic mass is 10.1. The summed E-state index contributed by atoms with van der Waals surface area (Å²) in [6, 6.07) is 19.9. The van der Waals surface area contributed by atoms with E-state index in [1.807, 2.05) is 42.5 Å². The van der Waals surface area contributed by atoms with E-state index in [2.05, 4.69) is 4.74 Å². The van der Waals surface area contributed by atoms with Crippen molar-refractivity contribution in [2.24, 2.45) is 0 Å². The van der Waals surface area contributed by atoms with Crippen molar-refractivity contribution in [2.75, 3.05) is 11.9 Å². The highest BCUT2D eigenvalue weighted by atomic mass is 19.3. The molecule has 5 heteroatoms. The number of benzene rings is 3. The maximum absolute atomic E-state index is 12.5. The van der Waals surface area contributed by atoms with Crippen LogP contribution in [0.3, 0.4) is 0 Å². The lowest BCUT2D eigenvalue weighted by Crippen LogP contribution is -2.27. The summed E-state index contributed by atoms with van der Waals surface area (Å²) in [6.45, 7) is -2.86. The number of anilines is 1. The normalized spacial score (nSPS) is 10.9. The van der Waals surface area contributed by atoms with Gasteiger partial charge in [-0.15, -0.1) is 0 Å². The van der Waals surface area contributed by atoms with E-state index in [1.54, 1.807) is 24.1 Å². The second-order valence-corrected chi connectivity index (χ2v) is 5.68. The summed E-state index contributed by atoms with van der Waals surface area (Å²) in [5.74, 6) is -0.00751. The molecule has 25 heavy (non-hydrogen) atoms. The first-order chi connectivity index (χ1) is 12.0. The Labute approximate surface area is 144 Å². The van der Waals surface area contributed by atoms with E-state index in [-0.39, 0.29) is 18.1 Å². The fourth-order valence-corrected chi connectivity index (χ4v) is 2.61. The van der Waals surface area contributed by atoms with E-state index in [0.717, 1.165) is 22.0 Å². The average molecular weight is 341 g/mol. The highest BCUT2D eigenvalue weighted by Gasteiger charge is 2.12. The number of carbonyl (C=O) groups is 1. The van der Waals surface area contributed by atoms with Crippen molar-refractivity contribution < 1.29 is 18.3 Å². The van der Waals surface area contributed by atoms with Gasteiger partial charge in [-0.05, 0) is 40.6 Å². The number of hydrogen-bond acceptors (Lipinski definition) is 2. The van der Waals surface area contributed by atoms with Gasteiger partial charge in [0.1, 0.15) is 5.75 Å². The molecule has 0 saturated heterocycles. The molecule has 0 radical (unpaired) electrons. The largest absolute Gasteiger partial charge is 0.435 e. The van der Waals surface area contributed by atoms with Crippen LogP contribution in [0.1, 0.15) is 5.56 Å². The Morgan fingerprint density at radius 2 is 1.68 bits per heavy atom. The molecule has 0 heterocycles. The smallest absolute Gasteiger partial charge is 0.387 e. The van der Waals surface area contributed by atoms with Crippen molar-refractivity contribution >= 4 is 22.4 Å². The lowest BCUT2D eigenvalue weighted by molar-refractivity contribution is -0.117. The molecule has 0 aliphatic heterocycles. The number of ether oxygens (including phenoxy) is 1. The maximum Gasteiger partial charge on any atom is 0.387 e. The summed E-state index contributed by atoms with van der Waals surface area (Å²) < 4.78 is 28.6. The third-order valence-electron chi connectivity index (χ3n) is 4.00. The number of likely N-dealkylation sites (N-methyl/N-ethyl adjacent to an activating group) is 1. The Kier molecular flexibility index (Phi) is 4.93. The van der Waals surface area contributed by atoms with Gasteiger partial charge in [-0.3, -0.25) is 4.79 Å². The number of carbonyl (C=O) groups excluding carboxylic acids is 1. The number of nitrogens with zero attached hydrogens (tertiary/aromatic N) is 1. The standard InChI is InChI=1S/C20H17F2NO2/c1-23(17-9-8-15-4-2-3-5-16(15)13-17)19(24)12-14-6-10-18(11-7-14)25-20(21)22/h2-11,13,20H,12H2,1H3. The first kappa shape index (κ1) is 16.9.